The highest BCUT2D eigenvalue weighted by atomic mass is 32.2. The lowest BCUT2D eigenvalue weighted by Crippen LogP contribution is -2.39. The third-order valence-corrected chi connectivity index (χ3v) is 4.61. The summed E-state index contributed by atoms with van der Waals surface area (Å²) in [4.78, 5) is 25.5. The van der Waals surface area contributed by atoms with Crippen molar-refractivity contribution in [2.45, 2.75) is 44.6 Å². The number of nitrogens with zero attached hydrogens (tertiary/aromatic N) is 1. The Balaban J connectivity index is 1.76. The molecule has 2 aliphatic rings. The maximum Gasteiger partial charge on any atom is 0.230 e. The summed E-state index contributed by atoms with van der Waals surface area (Å²) < 4.78 is 0. The molecule has 0 aromatic heterocycles. The molecule has 2 rings (SSSR count). The second kappa shape index (κ2) is 7.17. The van der Waals surface area contributed by atoms with Gasteiger partial charge in [0.25, 0.3) is 0 Å². The fraction of sp³-hybridized carbons (Fsp3) is 0.857. The van der Waals surface area contributed by atoms with Crippen LogP contribution in [0.1, 0.15) is 38.5 Å². The van der Waals surface area contributed by atoms with E-state index in [1.165, 1.54) is 43.9 Å². The minimum Gasteiger partial charge on any atom is -0.350 e. The standard InChI is InChI=1S/C14H24N2O2S/c1-19-10-13(17)15-12-7-14(18)16(9-12)8-11-5-3-2-4-6-11/h11-12H,2-10H2,1H3,(H,15,17)/t12-/m1/s1. The maximum absolute atomic E-state index is 12.0. The SMILES string of the molecule is CSCC(=O)N[C@@H]1CC(=O)N(CC2CCCCC2)C1. The monoisotopic (exact) mass is 284 g/mol. The fourth-order valence-electron chi connectivity index (χ4n) is 3.13. The number of amides is 2. The number of nitrogens with one attached hydrogen (secondary N) is 1. The van der Waals surface area contributed by atoms with Crippen molar-refractivity contribution in [1.29, 1.82) is 0 Å². The number of carbonyl (C=O) groups is 2. The quantitative estimate of drug-likeness (QED) is 0.835. The Morgan fingerprint density at radius 1 is 1.37 bits per heavy atom. The number of hydrogen-bond donors (Lipinski definition) is 1. The van der Waals surface area contributed by atoms with Gasteiger partial charge in [0, 0.05) is 19.5 Å². The van der Waals surface area contributed by atoms with Crippen LogP contribution >= 0.6 is 11.8 Å². The summed E-state index contributed by atoms with van der Waals surface area (Å²) in [6, 6.07) is 0.0238. The van der Waals surface area contributed by atoms with E-state index in [0.717, 1.165) is 6.54 Å². The molecule has 108 valence electrons. The van der Waals surface area contributed by atoms with Crippen LogP contribution in [0.4, 0.5) is 0 Å². The fourth-order valence-corrected chi connectivity index (χ4v) is 3.47. The molecule has 1 aliphatic carbocycles. The van der Waals surface area contributed by atoms with Crippen molar-refractivity contribution in [1.82, 2.24) is 10.2 Å². The molecule has 19 heavy (non-hydrogen) atoms. The van der Waals surface area contributed by atoms with Crippen molar-refractivity contribution in [3.63, 3.8) is 0 Å². The molecular weight excluding hydrogens is 260 g/mol. The molecule has 0 unspecified atom stereocenters. The van der Waals surface area contributed by atoms with E-state index < -0.39 is 0 Å². The summed E-state index contributed by atoms with van der Waals surface area (Å²) in [7, 11) is 0. The van der Waals surface area contributed by atoms with Gasteiger partial charge in [-0.15, -0.1) is 0 Å². The van der Waals surface area contributed by atoms with Crippen LogP contribution in [0.2, 0.25) is 0 Å². The maximum atomic E-state index is 12.0. The lowest BCUT2D eigenvalue weighted by atomic mass is 9.89. The zero-order valence-electron chi connectivity index (χ0n) is 11.7. The van der Waals surface area contributed by atoms with Crippen LogP contribution in [0.3, 0.4) is 0 Å². The van der Waals surface area contributed by atoms with E-state index >= 15 is 0 Å². The first-order valence-electron chi connectivity index (χ1n) is 7.25. The van der Waals surface area contributed by atoms with Crippen LogP contribution in [-0.2, 0) is 9.59 Å². The van der Waals surface area contributed by atoms with Crippen molar-refractivity contribution >= 4 is 23.6 Å². The molecule has 2 amide bonds. The summed E-state index contributed by atoms with van der Waals surface area (Å²) in [6.07, 6.45) is 8.86. The number of thioether (sulfide) groups is 1. The Labute approximate surface area is 119 Å². The Bertz CT molecular complexity index is 329. The lowest BCUT2D eigenvalue weighted by molar-refractivity contribution is -0.128. The summed E-state index contributed by atoms with van der Waals surface area (Å²) in [5.41, 5.74) is 0. The van der Waals surface area contributed by atoms with Gasteiger partial charge in [-0.3, -0.25) is 9.59 Å². The molecule has 4 nitrogen and oxygen atoms in total. The first-order chi connectivity index (χ1) is 9.19. The van der Waals surface area contributed by atoms with E-state index in [9.17, 15) is 9.59 Å². The Morgan fingerprint density at radius 3 is 2.79 bits per heavy atom. The molecule has 1 aliphatic heterocycles. The summed E-state index contributed by atoms with van der Waals surface area (Å²) >= 11 is 1.51. The van der Waals surface area contributed by atoms with Gasteiger partial charge >= 0.3 is 0 Å². The number of hydrogen-bond acceptors (Lipinski definition) is 3. The van der Waals surface area contributed by atoms with Gasteiger partial charge in [-0.05, 0) is 25.0 Å². The first kappa shape index (κ1) is 14.7. The summed E-state index contributed by atoms with van der Waals surface area (Å²) in [5.74, 6) is 1.41. The van der Waals surface area contributed by atoms with E-state index in [1.807, 2.05) is 11.2 Å². The van der Waals surface area contributed by atoms with Gasteiger partial charge in [-0.2, -0.15) is 11.8 Å². The molecule has 1 atom stereocenters. The Morgan fingerprint density at radius 2 is 2.11 bits per heavy atom. The van der Waals surface area contributed by atoms with Crippen LogP contribution in [-0.4, -0.2) is 47.9 Å². The van der Waals surface area contributed by atoms with Crippen LogP contribution in [0.25, 0.3) is 0 Å². The van der Waals surface area contributed by atoms with Crippen molar-refractivity contribution in [2.75, 3.05) is 25.1 Å². The molecule has 1 saturated carbocycles. The van der Waals surface area contributed by atoms with E-state index in [0.29, 0.717) is 24.6 Å². The number of rotatable bonds is 5. The second-order valence-electron chi connectivity index (χ2n) is 5.70. The predicted octanol–water partition coefficient (Wildman–Crippen LogP) is 1.65. The Kier molecular flexibility index (Phi) is 5.55. The molecule has 1 heterocycles. The normalized spacial score (nSPS) is 24.8. The van der Waals surface area contributed by atoms with Crippen molar-refractivity contribution in [3.8, 4) is 0 Å². The predicted molar refractivity (Wildman–Crippen MR) is 78.1 cm³/mol. The van der Waals surface area contributed by atoms with E-state index in [2.05, 4.69) is 5.32 Å². The molecule has 5 heteroatoms. The van der Waals surface area contributed by atoms with Gasteiger partial charge in [0.1, 0.15) is 0 Å². The highest BCUT2D eigenvalue weighted by Gasteiger charge is 2.31. The van der Waals surface area contributed by atoms with E-state index in [4.69, 9.17) is 0 Å². The molecule has 1 saturated heterocycles. The molecule has 0 bridgehead atoms. The molecule has 0 spiro atoms. The average molecular weight is 284 g/mol. The smallest absolute Gasteiger partial charge is 0.230 e. The molecule has 1 N–H and O–H groups in total. The van der Waals surface area contributed by atoms with E-state index in [-0.39, 0.29) is 17.9 Å². The summed E-state index contributed by atoms with van der Waals surface area (Å²) in [6.45, 7) is 1.60. The largest absolute Gasteiger partial charge is 0.350 e. The minimum absolute atomic E-state index is 0.0238. The molecular formula is C14H24N2O2S. The third kappa shape index (κ3) is 4.41. The Hall–Kier alpha value is -0.710. The van der Waals surface area contributed by atoms with Crippen LogP contribution in [0.15, 0.2) is 0 Å². The van der Waals surface area contributed by atoms with E-state index in [1.54, 1.807) is 0 Å². The van der Waals surface area contributed by atoms with Crippen molar-refractivity contribution in [2.24, 2.45) is 5.92 Å². The number of carbonyl (C=O) groups excluding carboxylic acids is 2. The zero-order valence-corrected chi connectivity index (χ0v) is 12.5. The average Bonchev–Trinajstić information content (AvgIpc) is 2.71. The highest BCUT2D eigenvalue weighted by molar-refractivity contribution is 7.99. The zero-order chi connectivity index (χ0) is 13.7. The number of likely N-dealkylation sites (tertiary alicyclic amines) is 1. The van der Waals surface area contributed by atoms with Crippen LogP contribution in [0, 0.1) is 5.92 Å². The topological polar surface area (TPSA) is 49.4 Å². The lowest BCUT2D eigenvalue weighted by Gasteiger charge is -2.27. The van der Waals surface area contributed by atoms with Gasteiger partial charge in [0.2, 0.25) is 11.8 Å². The molecule has 2 fully saturated rings. The highest BCUT2D eigenvalue weighted by Crippen LogP contribution is 2.26. The first-order valence-corrected chi connectivity index (χ1v) is 8.64. The van der Waals surface area contributed by atoms with Gasteiger partial charge in [0.15, 0.2) is 0 Å². The van der Waals surface area contributed by atoms with Gasteiger partial charge in [0.05, 0.1) is 11.8 Å². The van der Waals surface area contributed by atoms with Crippen LogP contribution < -0.4 is 5.32 Å². The van der Waals surface area contributed by atoms with Crippen molar-refractivity contribution < 1.29 is 9.59 Å². The van der Waals surface area contributed by atoms with Gasteiger partial charge in [-0.25, -0.2) is 0 Å². The van der Waals surface area contributed by atoms with Gasteiger partial charge < -0.3 is 10.2 Å². The minimum atomic E-state index is 0.0238. The van der Waals surface area contributed by atoms with Crippen molar-refractivity contribution in [3.05, 3.63) is 0 Å². The summed E-state index contributed by atoms with van der Waals surface area (Å²) in [5, 5.41) is 2.96. The second-order valence-corrected chi connectivity index (χ2v) is 6.57. The molecule has 0 radical (unpaired) electrons. The molecule has 0 aromatic carbocycles. The van der Waals surface area contributed by atoms with Gasteiger partial charge in [-0.1, -0.05) is 19.3 Å². The molecule has 0 aromatic rings. The van der Waals surface area contributed by atoms with Crippen LogP contribution in [0.5, 0.6) is 0 Å². The third-order valence-electron chi connectivity index (χ3n) is 4.06.